The van der Waals surface area contributed by atoms with Gasteiger partial charge in [-0.2, -0.15) is 0 Å². The van der Waals surface area contributed by atoms with Crippen molar-refractivity contribution in [2.24, 2.45) is 0 Å². The Morgan fingerprint density at radius 3 is 2.52 bits per heavy atom. The number of amides is 1. The lowest BCUT2D eigenvalue weighted by atomic mass is 10.2. The summed E-state index contributed by atoms with van der Waals surface area (Å²) in [5, 5.41) is 8.45. The second-order valence-corrected chi connectivity index (χ2v) is 7.35. The van der Waals surface area contributed by atoms with Crippen molar-refractivity contribution in [3.8, 4) is 23.0 Å². The minimum absolute atomic E-state index is 0.0296. The number of benzene rings is 2. The molecule has 0 saturated carbocycles. The molecule has 0 atom stereocenters. The number of methoxy groups -OCH3 is 2. The molecule has 152 valence electrons. The SMILES string of the molecule is COc1ccc(-c2nnc(SCC(=O)N(c3ccccc3)C(C)C)o2)c(OC)c1. The van der Waals surface area contributed by atoms with Gasteiger partial charge < -0.3 is 18.8 Å². The van der Waals surface area contributed by atoms with Crippen LogP contribution in [0.15, 0.2) is 58.2 Å². The molecule has 0 fully saturated rings. The predicted molar refractivity (Wildman–Crippen MR) is 113 cm³/mol. The summed E-state index contributed by atoms with van der Waals surface area (Å²) in [5.74, 6) is 1.71. The highest BCUT2D eigenvalue weighted by Gasteiger charge is 2.21. The summed E-state index contributed by atoms with van der Waals surface area (Å²) >= 11 is 1.21. The highest BCUT2D eigenvalue weighted by molar-refractivity contribution is 7.99. The Morgan fingerprint density at radius 2 is 1.86 bits per heavy atom. The molecule has 0 bridgehead atoms. The van der Waals surface area contributed by atoms with Crippen LogP contribution in [-0.4, -0.2) is 42.1 Å². The average Bonchev–Trinajstić information content (AvgIpc) is 3.21. The van der Waals surface area contributed by atoms with Crippen molar-refractivity contribution < 1.29 is 18.7 Å². The third-order valence-electron chi connectivity index (χ3n) is 4.18. The predicted octanol–water partition coefficient (Wildman–Crippen LogP) is 4.29. The van der Waals surface area contributed by atoms with Gasteiger partial charge in [0.05, 0.1) is 25.5 Å². The van der Waals surface area contributed by atoms with Crippen molar-refractivity contribution in [2.45, 2.75) is 25.1 Å². The molecule has 0 saturated heterocycles. The normalized spacial score (nSPS) is 10.8. The van der Waals surface area contributed by atoms with Crippen LogP contribution in [0.5, 0.6) is 11.5 Å². The molecule has 0 spiro atoms. The van der Waals surface area contributed by atoms with Crippen LogP contribution >= 0.6 is 11.8 Å². The summed E-state index contributed by atoms with van der Waals surface area (Å²) < 4.78 is 16.3. The molecule has 8 heteroatoms. The molecule has 0 radical (unpaired) electrons. The van der Waals surface area contributed by atoms with Gasteiger partial charge in [-0.1, -0.05) is 30.0 Å². The number of ether oxygens (including phenoxy) is 2. The molecule has 1 aromatic heterocycles. The Bertz CT molecular complexity index is 960. The summed E-state index contributed by atoms with van der Waals surface area (Å²) in [6, 6.07) is 15.0. The van der Waals surface area contributed by atoms with Crippen LogP contribution < -0.4 is 14.4 Å². The molecule has 2 aromatic carbocycles. The zero-order valence-corrected chi connectivity index (χ0v) is 17.6. The van der Waals surface area contributed by atoms with Crippen molar-refractivity contribution in [1.82, 2.24) is 10.2 Å². The molecule has 3 aromatic rings. The highest BCUT2D eigenvalue weighted by atomic mass is 32.2. The highest BCUT2D eigenvalue weighted by Crippen LogP contribution is 2.33. The van der Waals surface area contributed by atoms with Crippen molar-refractivity contribution >= 4 is 23.4 Å². The van der Waals surface area contributed by atoms with Crippen LogP contribution in [0.25, 0.3) is 11.5 Å². The quantitative estimate of drug-likeness (QED) is 0.510. The van der Waals surface area contributed by atoms with Crippen molar-refractivity contribution in [1.29, 1.82) is 0 Å². The lowest BCUT2D eigenvalue weighted by molar-refractivity contribution is -0.116. The molecule has 1 heterocycles. The van der Waals surface area contributed by atoms with Gasteiger partial charge in [0.2, 0.25) is 5.91 Å². The lowest BCUT2D eigenvalue weighted by Crippen LogP contribution is -2.38. The number of hydrogen-bond acceptors (Lipinski definition) is 7. The summed E-state index contributed by atoms with van der Waals surface area (Å²) in [7, 11) is 3.15. The second kappa shape index (κ2) is 9.47. The van der Waals surface area contributed by atoms with E-state index in [-0.39, 0.29) is 17.7 Å². The number of hydrogen-bond donors (Lipinski definition) is 0. The number of thioether (sulfide) groups is 1. The molecule has 29 heavy (non-hydrogen) atoms. The molecule has 0 N–H and O–H groups in total. The Hall–Kier alpha value is -3.00. The zero-order valence-electron chi connectivity index (χ0n) is 16.8. The van der Waals surface area contributed by atoms with E-state index in [4.69, 9.17) is 13.9 Å². The minimum atomic E-state index is -0.0296. The van der Waals surface area contributed by atoms with Gasteiger partial charge in [0.25, 0.3) is 11.1 Å². The average molecular weight is 413 g/mol. The fourth-order valence-corrected chi connectivity index (χ4v) is 3.49. The van der Waals surface area contributed by atoms with Gasteiger partial charge in [0.1, 0.15) is 11.5 Å². The first kappa shape index (κ1) is 20.7. The molecule has 3 rings (SSSR count). The smallest absolute Gasteiger partial charge is 0.277 e. The number of nitrogens with zero attached hydrogens (tertiary/aromatic N) is 3. The second-order valence-electron chi connectivity index (χ2n) is 6.42. The third kappa shape index (κ3) is 4.89. The molecule has 0 aliphatic carbocycles. The maximum Gasteiger partial charge on any atom is 0.277 e. The van der Waals surface area contributed by atoms with E-state index in [0.29, 0.717) is 28.2 Å². The van der Waals surface area contributed by atoms with Crippen LogP contribution in [0.1, 0.15) is 13.8 Å². The summed E-state index contributed by atoms with van der Waals surface area (Å²) in [6.45, 7) is 3.96. The summed E-state index contributed by atoms with van der Waals surface area (Å²) in [6.07, 6.45) is 0. The summed E-state index contributed by atoms with van der Waals surface area (Å²) in [4.78, 5) is 14.5. The van der Waals surface area contributed by atoms with E-state index in [0.717, 1.165) is 5.69 Å². The lowest BCUT2D eigenvalue weighted by Gasteiger charge is -2.26. The first-order valence-corrected chi connectivity index (χ1v) is 10.1. The van der Waals surface area contributed by atoms with Gasteiger partial charge in [-0.05, 0) is 38.1 Å². The number of carbonyl (C=O) groups is 1. The van der Waals surface area contributed by atoms with Crippen molar-refractivity contribution in [3.05, 3.63) is 48.5 Å². The standard InChI is InChI=1S/C21H23N3O4S/c1-14(2)24(15-8-6-5-7-9-15)19(25)13-29-21-23-22-20(28-21)17-11-10-16(26-3)12-18(17)27-4/h5-12,14H,13H2,1-4H3. The van der Waals surface area contributed by atoms with Crippen LogP contribution in [-0.2, 0) is 4.79 Å². The minimum Gasteiger partial charge on any atom is -0.497 e. The largest absolute Gasteiger partial charge is 0.497 e. The fraction of sp³-hybridized carbons (Fsp3) is 0.286. The Labute approximate surface area is 174 Å². The molecule has 7 nitrogen and oxygen atoms in total. The van der Waals surface area contributed by atoms with Gasteiger partial charge in [-0.15, -0.1) is 10.2 Å². The van der Waals surface area contributed by atoms with Gasteiger partial charge in [0.15, 0.2) is 0 Å². The topological polar surface area (TPSA) is 77.7 Å². The van der Waals surface area contributed by atoms with Crippen LogP contribution in [0.4, 0.5) is 5.69 Å². The van der Waals surface area contributed by atoms with Gasteiger partial charge in [-0.3, -0.25) is 4.79 Å². The van der Waals surface area contributed by atoms with E-state index in [1.807, 2.05) is 44.2 Å². The maximum absolute atomic E-state index is 12.8. The van der Waals surface area contributed by atoms with Gasteiger partial charge in [0, 0.05) is 17.8 Å². The number of rotatable bonds is 8. The molecule has 0 unspecified atom stereocenters. The van der Waals surface area contributed by atoms with Crippen LogP contribution in [0.3, 0.4) is 0 Å². The van der Waals surface area contributed by atoms with E-state index < -0.39 is 0 Å². The van der Waals surface area contributed by atoms with Crippen LogP contribution in [0, 0.1) is 0 Å². The summed E-state index contributed by atoms with van der Waals surface area (Å²) in [5.41, 5.74) is 1.52. The molecule has 1 amide bonds. The molecular formula is C21H23N3O4S. The molecular weight excluding hydrogens is 390 g/mol. The first-order valence-electron chi connectivity index (χ1n) is 9.09. The van der Waals surface area contributed by atoms with Gasteiger partial charge >= 0.3 is 0 Å². The van der Waals surface area contributed by atoms with E-state index in [1.165, 1.54) is 11.8 Å². The van der Waals surface area contributed by atoms with E-state index in [2.05, 4.69) is 10.2 Å². The fourth-order valence-electron chi connectivity index (χ4n) is 2.86. The maximum atomic E-state index is 12.8. The monoisotopic (exact) mass is 413 g/mol. The number of para-hydroxylation sites is 1. The van der Waals surface area contributed by atoms with E-state index in [1.54, 1.807) is 37.3 Å². The molecule has 0 aliphatic rings. The van der Waals surface area contributed by atoms with Crippen molar-refractivity contribution in [3.63, 3.8) is 0 Å². The first-order chi connectivity index (χ1) is 14.0. The number of anilines is 1. The Morgan fingerprint density at radius 1 is 1.10 bits per heavy atom. The van der Waals surface area contributed by atoms with Crippen molar-refractivity contribution in [2.75, 3.05) is 24.9 Å². The van der Waals surface area contributed by atoms with Crippen LogP contribution in [0.2, 0.25) is 0 Å². The van der Waals surface area contributed by atoms with E-state index in [9.17, 15) is 4.79 Å². The Kier molecular flexibility index (Phi) is 6.77. The molecule has 0 aliphatic heterocycles. The Balaban J connectivity index is 1.71. The third-order valence-corrected chi connectivity index (χ3v) is 4.99. The zero-order chi connectivity index (χ0) is 20.8. The van der Waals surface area contributed by atoms with Gasteiger partial charge in [-0.25, -0.2) is 0 Å². The number of carbonyl (C=O) groups excluding carboxylic acids is 1. The number of aromatic nitrogens is 2. The van der Waals surface area contributed by atoms with E-state index >= 15 is 0 Å².